The lowest BCUT2D eigenvalue weighted by atomic mass is 9.50. The smallest absolute Gasteiger partial charge is 0.162 e. The van der Waals surface area contributed by atoms with Crippen LogP contribution in [0.25, 0.3) is 0 Å². The molecule has 0 spiro atoms. The third kappa shape index (κ3) is 2.86. The molecule has 0 radical (unpaired) electrons. The maximum atomic E-state index is 12.8. The van der Waals surface area contributed by atoms with Crippen LogP contribution in [-0.2, 0) is 19.1 Å². The highest BCUT2D eigenvalue weighted by Crippen LogP contribution is 2.65. The molecule has 4 aliphatic carbocycles. The SMILES string of the molecule is CCOCO[C@]1(C(C)=O)CC[C@H]2[C@@H]3CCC4=CC(=O)CC[C@@H]4[C@H]3CC[C@@]21C. The van der Waals surface area contributed by atoms with E-state index in [1.54, 1.807) is 6.92 Å². The minimum Gasteiger partial charge on any atom is -0.356 e. The van der Waals surface area contributed by atoms with E-state index in [4.69, 9.17) is 9.47 Å². The number of fused-ring (bicyclic) bond motifs is 5. The summed E-state index contributed by atoms with van der Waals surface area (Å²) in [5.74, 6) is 2.98. The van der Waals surface area contributed by atoms with Gasteiger partial charge in [0.1, 0.15) is 12.4 Å². The van der Waals surface area contributed by atoms with Crippen molar-refractivity contribution in [2.75, 3.05) is 13.4 Å². The van der Waals surface area contributed by atoms with Crippen LogP contribution < -0.4 is 0 Å². The van der Waals surface area contributed by atoms with Crippen LogP contribution in [0.5, 0.6) is 0 Å². The lowest BCUT2D eigenvalue weighted by Gasteiger charge is -2.56. The Morgan fingerprint density at radius 2 is 1.96 bits per heavy atom. The molecule has 0 amide bonds. The molecule has 4 rings (SSSR count). The van der Waals surface area contributed by atoms with Crippen molar-refractivity contribution in [3.63, 3.8) is 0 Å². The maximum Gasteiger partial charge on any atom is 0.162 e. The number of ether oxygens (including phenoxy) is 2. The Balaban J connectivity index is 1.60. The fraction of sp³-hybridized carbons (Fsp3) is 0.826. The average molecular weight is 375 g/mol. The first-order chi connectivity index (χ1) is 12.9. The van der Waals surface area contributed by atoms with Gasteiger partial charge in [-0.15, -0.1) is 0 Å². The van der Waals surface area contributed by atoms with E-state index < -0.39 is 5.60 Å². The minimum absolute atomic E-state index is 0.0944. The van der Waals surface area contributed by atoms with E-state index >= 15 is 0 Å². The number of Topliss-reactive ketones (excluding diaryl/α,β-unsaturated/α-hetero) is 1. The van der Waals surface area contributed by atoms with Gasteiger partial charge in [-0.3, -0.25) is 9.59 Å². The van der Waals surface area contributed by atoms with Crippen molar-refractivity contribution in [3.05, 3.63) is 11.6 Å². The first-order valence-electron chi connectivity index (χ1n) is 10.9. The molecule has 0 aromatic carbocycles. The van der Waals surface area contributed by atoms with E-state index in [0.717, 1.165) is 38.5 Å². The molecule has 0 aliphatic heterocycles. The molecular formula is C23H34O4. The zero-order chi connectivity index (χ0) is 19.2. The molecule has 0 unspecified atom stereocenters. The zero-order valence-electron chi connectivity index (χ0n) is 17.1. The predicted molar refractivity (Wildman–Crippen MR) is 103 cm³/mol. The van der Waals surface area contributed by atoms with Gasteiger partial charge in [-0.25, -0.2) is 0 Å². The van der Waals surface area contributed by atoms with Crippen LogP contribution in [0.15, 0.2) is 11.6 Å². The quantitative estimate of drug-likeness (QED) is 0.526. The molecule has 0 saturated heterocycles. The van der Waals surface area contributed by atoms with Crippen molar-refractivity contribution in [2.24, 2.45) is 29.1 Å². The van der Waals surface area contributed by atoms with Gasteiger partial charge < -0.3 is 9.47 Å². The fourth-order valence-electron chi connectivity index (χ4n) is 7.32. The normalized spacial score (nSPS) is 43.5. The monoisotopic (exact) mass is 374 g/mol. The van der Waals surface area contributed by atoms with Crippen molar-refractivity contribution in [2.45, 2.75) is 77.7 Å². The van der Waals surface area contributed by atoms with Gasteiger partial charge in [-0.1, -0.05) is 12.5 Å². The molecule has 0 aromatic rings. The number of rotatable bonds is 5. The topological polar surface area (TPSA) is 52.6 Å². The minimum atomic E-state index is -0.684. The van der Waals surface area contributed by atoms with Crippen molar-refractivity contribution in [1.82, 2.24) is 0 Å². The Bertz CT molecular complexity index is 653. The van der Waals surface area contributed by atoms with Gasteiger partial charge >= 0.3 is 0 Å². The first-order valence-corrected chi connectivity index (χ1v) is 10.9. The van der Waals surface area contributed by atoms with Gasteiger partial charge in [0, 0.05) is 18.4 Å². The molecule has 3 saturated carbocycles. The maximum absolute atomic E-state index is 12.8. The molecule has 0 N–H and O–H groups in total. The summed E-state index contributed by atoms with van der Waals surface area (Å²) in [5.41, 5.74) is 0.638. The summed E-state index contributed by atoms with van der Waals surface area (Å²) in [6, 6.07) is 0. The molecular weight excluding hydrogens is 340 g/mol. The second-order valence-corrected chi connectivity index (χ2v) is 9.44. The third-order valence-corrected chi connectivity index (χ3v) is 8.58. The molecule has 27 heavy (non-hydrogen) atoms. The lowest BCUT2D eigenvalue weighted by molar-refractivity contribution is -0.202. The first kappa shape index (κ1) is 19.3. The van der Waals surface area contributed by atoms with Crippen LogP contribution in [0, 0.1) is 29.1 Å². The summed E-state index contributed by atoms with van der Waals surface area (Å²) in [6.07, 6.45) is 10.0. The van der Waals surface area contributed by atoms with Gasteiger partial charge in [0.15, 0.2) is 11.6 Å². The number of hydrogen-bond acceptors (Lipinski definition) is 4. The lowest BCUT2D eigenvalue weighted by Crippen LogP contribution is -2.57. The summed E-state index contributed by atoms with van der Waals surface area (Å²) >= 11 is 0. The highest BCUT2D eigenvalue weighted by atomic mass is 16.7. The number of hydrogen-bond donors (Lipinski definition) is 0. The summed E-state index contributed by atoms with van der Waals surface area (Å²) in [4.78, 5) is 24.7. The van der Waals surface area contributed by atoms with E-state index in [9.17, 15) is 9.59 Å². The van der Waals surface area contributed by atoms with Crippen LogP contribution in [-0.4, -0.2) is 30.6 Å². The number of allylic oxidation sites excluding steroid dienone is 1. The second kappa shape index (κ2) is 7.11. The van der Waals surface area contributed by atoms with Crippen LogP contribution in [0.2, 0.25) is 0 Å². The van der Waals surface area contributed by atoms with E-state index in [1.807, 2.05) is 13.0 Å². The van der Waals surface area contributed by atoms with Crippen LogP contribution in [0.4, 0.5) is 0 Å². The molecule has 4 aliphatic rings. The number of carbonyl (C=O) groups is 2. The van der Waals surface area contributed by atoms with Crippen LogP contribution in [0.1, 0.15) is 72.1 Å². The molecule has 0 aromatic heterocycles. The highest BCUT2D eigenvalue weighted by molar-refractivity contribution is 5.91. The largest absolute Gasteiger partial charge is 0.356 e. The molecule has 6 atom stereocenters. The predicted octanol–water partition coefficient (Wildman–Crippen LogP) is 4.47. The van der Waals surface area contributed by atoms with Crippen molar-refractivity contribution in [1.29, 1.82) is 0 Å². The summed E-state index contributed by atoms with van der Waals surface area (Å²) in [5, 5.41) is 0. The van der Waals surface area contributed by atoms with Crippen LogP contribution >= 0.6 is 0 Å². The molecule has 3 fully saturated rings. The van der Waals surface area contributed by atoms with Crippen LogP contribution in [0.3, 0.4) is 0 Å². The number of carbonyl (C=O) groups excluding carboxylic acids is 2. The standard InChI is InChI=1S/C23H34O4/c1-4-26-14-27-23(15(2)24)12-10-21-20-7-5-16-13-17(25)6-8-18(16)19(20)9-11-22(21,23)3/h13,18-21H,4-12,14H2,1-3H3/t18-,19+,20+,21-,22-,23-/m0/s1. The van der Waals surface area contributed by atoms with Gasteiger partial charge in [0.2, 0.25) is 0 Å². The Morgan fingerprint density at radius 1 is 1.15 bits per heavy atom. The Labute approximate surface area is 163 Å². The van der Waals surface area contributed by atoms with Gasteiger partial charge in [-0.2, -0.15) is 0 Å². The van der Waals surface area contributed by atoms with Crippen molar-refractivity contribution < 1.29 is 19.1 Å². The summed E-state index contributed by atoms with van der Waals surface area (Å²) in [7, 11) is 0. The zero-order valence-corrected chi connectivity index (χ0v) is 17.1. The second-order valence-electron chi connectivity index (χ2n) is 9.44. The van der Waals surface area contributed by atoms with Gasteiger partial charge in [0.05, 0.1) is 0 Å². The van der Waals surface area contributed by atoms with Crippen molar-refractivity contribution in [3.8, 4) is 0 Å². The molecule has 0 heterocycles. The Morgan fingerprint density at radius 3 is 2.70 bits per heavy atom. The van der Waals surface area contributed by atoms with E-state index in [2.05, 4.69) is 6.92 Å². The van der Waals surface area contributed by atoms with E-state index in [0.29, 0.717) is 42.5 Å². The average Bonchev–Trinajstić information content (AvgIpc) is 2.95. The van der Waals surface area contributed by atoms with E-state index in [-0.39, 0.29) is 18.0 Å². The molecule has 4 nitrogen and oxygen atoms in total. The number of ketones is 2. The molecule has 0 bridgehead atoms. The van der Waals surface area contributed by atoms with Gasteiger partial charge in [0.25, 0.3) is 0 Å². The molecule has 150 valence electrons. The van der Waals surface area contributed by atoms with E-state index in [1.165, 1.54) is 12.0 Å². The Hall–Kier alpha value is -1.00. The van der Waals surface area contributed by atoms with Crippen molar-refractivity contribution >= 4 is 11.6 Å². The fourth-order valence-corrected chi connectivity index (χ4v) is 7.32. The van der Waals surface area contributed by atoms with Gasteiger partial charge in [-0.05, 0) is 88.5 Å². The highest BCUT2D eigenvalue weighted by Gasteiger charge is 2.65. The summed E-state index contributed by atoms with van der Waals surface area (Å²) in [6.45, 7) is 6.79. The summed E-state index contributed by atoms with van der Waals surface area (Å²) < 4.78 is 11.7. The Kier molecular flexibility index (Phi) is 5.09. The third-order valence-electron chi connectivity index (χ3n) is 8.58. The molecule has 4 heteroatoms.